The van der Waals surface area contributed by atoms with Gasteiger partial charge in [-0.25, -0.2) is 4.39 Å². The molecule has 0 spiro atoms. The molecule has 0 saturated carbocycles. The van der Waals surface area contributed by atoms with Crippen molar-refractivity contribution < 1.29 is 22.4 Å². The summed E-state index contributed by atoms with van der Waals surface area (Å²) in [4.78, 5) is 12.1. The van der Waals surface area contributed by atoms with Crippen molar-refractivity contribution in [2.75, 3.05) is 6.54 Å². The van der Waals surface area contributed by atoms with Crippen molar-refractivity contribution in [2.24, 2.45) is 0 Å². The number of carbonyl (C=O) groups is 1. The third-order valence-electron chi connectivity index (χ3n) is 4.12. The molecule has 0 saturated heterocycles. The van der Waals surface area contributed by atoms with Gasteiger partial charge in [0, 0.05) is 6.54 Å². The van der Waals surface area contributed by atoms with Gasteiger partial charge < -0.3 is 5.32 Å². The average Bonchev–Trinajstić information content (AvgIpc) is 2.62. The fourth-order valence-corrected chi connectivity index (χ4v) is 3.02. The summed E-state index contributed by atoms with van der Waals surface area (Å²) in [7, 11) is 0. The van der Waals surface area contributed by atoms with Crippen LogP contribution in [0.2, 0.25) is 5.02 Å². The second-order valence-electron chi connectivity index (χ2n) is 6.00. The Hall–Kier alpha value is -2.60. The van der Waals surface area contributed by atoms with E-state index >= 15 is 0 Å². The van der Waals surface area contributed by atoms with Gasteiger partial charge >= 0.3 is 6.18 Å². The highest BCUT2D eigenvalue weighted by atomic mass is 35.5. The van der Waals surface area contributed by atoms with Crippen LogP contribution < -0.4 is 5.32 Å². The van der Waals surface area contributed by atoms with E-state index in [0.717, 1.165) is 16.3 Å². The van der Waals surface area contributed by atoms with Gasteiger partial charge in [-0.15, -0.1) is 0 Å². The third kappa shape index (κ3) is 4.39. The minimum Gasteiger partial charge on any atom is -0.352 e. The van der Waals surface area contributed by atoms with Gasteiger partial charge in [-0.3, -0.25) is 4.79 Å². The van der Waals surface area contributed by atoms with Crippen LogP contribution in [0.3, 0.4) is 0 Å². The number of halogens is 5. The van der Waals surface area contributed by atoms with Crippen molar-refractivity contribution in [1.82, 2.24) is 5.32 Å². The molecular formula is C20H14ClF4NO. The van der Waals surface area contributed by atoms with Crippen LogP contribution in [0.4, 0.5) is 17.6 Å². The van der Waals surface area contributed by atoms with Crippen molar-refractivity contribution in [3.8, 4) is 0 Å². The number of rotatable bonds is 4. The first-order valence-electron chi connectivity index (χ1n) is 8.08. The average molecular weight is 396 g/mol. The van der Waals surface area contributed by atoms with Gasteiger partial charge in [0.2, 0.25) is 0 Å². The topological polar surface area (TPSA) is 29.1 Å². The molecule has 0 aliphatic heterocycles. The highest BCUT2D eigenvalue weighted by Gasteiger charge is 2.34. The van der Waals surface area contributed by atoms with E-state index in [1.54, 1.807) is 0 Å². The molecule has 0 aliphatic carbocycles. The molecule has 27 heavy (non-hydrogen) atoms. The Labute approximate surface area is 157 Å². The molecule has 1 N–H and O–H groups in total. The Morgan fingerprint density at radius 2 is 1.70 bits per heavy atom. The number of amides is 1. The molecule has 1 amide bonds. The first-order valence-corrected chi connectivity index (χ1v) is 8.45. The highest BCUT2D eigenvalue weighted by Crippen LogP contribution is 2.35. The monoisotopic (exact) mass is 395 g/mol. The Morgan fingerprint density at radius 3 is 2.41 bits per heavy atom. The SMILES string of the molecule is O=C(NCCc1ccc2ccccc2c1)c1cc(Cl)c(C(F)(F)F)cc1F. The number of carbonyl (C=O) groups excluding carboxylic acids is 1. The van der Waals surface area contributed by atoms with E-state index in [0.29, 0.717) is 12.5 Å². The van der Waals surface area contributed by atoms with Crippen molar-refractivity contribution in [1.29, 1.82) is 0 Å². The summed E-state index contributed by atoms with van der Waals surface area (Å²) < 4.78 is 52.0. The van der Waals surface area contributed by atoms with Gasteiger partial charge in [0.25, 0.3) is 5.91 Å². The second-order valence-corrected chi connectivity index (χ2v) is 6.40. The normalized spacial score (nSPS) is 11.6. The summed E-state index contributed by atoms with van der Waals surface area (Å²) in [6.07, 6.45) is -4.30. The lowest BCUT2D eigenvalue weighted by Gasteiger charge is -2.12. The number of hydrogen-bond donors (Lipinski definition) is 1. The molecule has 3 aromatic rings. The number of hydrogen-bond acceptors (Lipinski definition) is 1. The number of fused-ring (bicyclic) bond motifs is 1. The van der Waals surface area contributed by atoms with Crippen LogP contribution in [0.25, 0.3) is 10.8 Å². The summed E-state index contributed by atoms with van der Waals surface area (Å²) in [5.74, 6) is -2.08. The number of nitrogens with one attached hydrogen (secondary N) is 1. The van der Waals surface area contributed by atoms with Crippen molar-refractivity contribution in [2.45, 2.75) is 12.6 Å². The van der Waals surface area contributed by atoms with Crippen LogP contribution in [0.5, 0.6) is 0 Å². The van der Waals surface area contributed by atoms with E-state index in [9.17, 15) is 22.4 Å². The van der Waals surface area contributed by atoms with E-state index in [4.69, 9.17) is 11.6 Å². The molecule has 0 heterocycles. The molecule has 0 aliphatic rings. The molecule has 0 bridgehead atoms. The van der Waals surface area contributed by atoms with Crippen LogP contribution in [-0.2, 0) is 12.6 Å². The van der Waals surface area contributed by atoms with Crippen LogP contribution in [0, 0.1) is 5.82 Å². The summed E-state index contributed by atoms with van der Waals surface area (Å²) in [5, 5.41) is 3.93. The lowest BCUT2D eigenvalue weighted by molar-refractivity contribution is -0.137. The molecule has 140 valence electrons. The van der Waals surface area contributed by atoms with E-state index in [1.807, 2.05) is 42.5 Å². The quantitative estimate of drug-likeness (QED) is 0.570. The van der Waals surface area contributed by atoms with Crippen LogP contribution in [0.1, 0.15) is 21.5 Å². The maximum Gasteiger partial charge on any atom is 0.417 e. The molecular weight excluding hydrogens is 382 g/mol. The first-order chi connectivity index (χ1) is 12.8. The molecule has 0 radical (unpaired) electrons. The summed E-state index contributed by atoms with van der Waals surface area (Å²) in [6, 6.07) is 14.6. The Kier molecular flexibility index (Phi) is 5.37. The molecule has 0 unspecified atom stereocenters. The predicted molar refractivity (Wildman–Crippen MR) is 96.4 cm³/mol. The minimum atomic E-state index is -4.79. The maximum atomic E-state index is 13.9. The zero-order valence-corrected chi connectivity index (χ0v) is 14.7. The predicted octanol–water partition coefficient (Wildman–Crippen LogP) is 5.62. The summed E-state index contributed by atoms with van der Waals surface area (Å²) >= 11 is 5.55. The van der Waals surface area contributed by atoms with E-state index in [2.05, 4.69) is 5.32 Å². The third-order valence-corrected chi connectivity index (χ3v) is 4.43. The van der Waals surface area contributed by atoms with Crippen LogP contribution in [0.15, 0.2) is 54.6 Å². The Bertz CT molecular complexity index is 1000. The van der Waals surface area contributed by atoms with E-state index in [-0.39, 0.29) is 12.6 Å². The second kappa shape index (κ2) is 7.56. The van der Waals surface area contributed by atoms with Gasteiger partial charge in [0.15, 0.2) is 0 Å². The molecule has 0 aromatic heterocycles. The van der Waals surface area contributed by atoms with Crippen molar-refractivity contribution >= 4 is 28.3 Å². The highest BCUT2D eigenvalue weighted by molar-refractivity contribution is 6.31. The van der Waals surface area contributed by atoms with E-state index in [1.165, 1.54) is 0 Å². The standard InChI is InChI=1S/C20H14ClF4NO/c21-17-10-15(18(22)11-16(17)20(23,24)25)19(27)26-8-7-12-5-6-13-3-1-2-4-14(13)9-12/h1-6,9-11H,7-8H2,(H,26,27). The zero-order chi connectivity index (χ0) is 19.6. The molecule has 0 fully saturated rings. The minimum absolute atomic E-state index is 0.204. The van der Waals surface area contributed by atoms with Crippen molar-refractivity contribution in [3.63, 3.8) is 0 Å². The smallest absolute Gasteiger partial charge is 0.352 e. The van der Waals surface area contributed by atoms with Crippen LogP contribution in [-0.4, -0.2) is 12.5 Å². The lowest BCUT2D eigenvalue weighted by atomic mass is 10.1. The maximum absolute atomic E-state index is 13.9. The lowest BCUT2D eigenvalue weighted by Crippen LogP contribution is -2.27. The Balaban J connectivity index is 1.67. The van der Waals surface area contributed by atoms with Crippen molar-refractivity contribution in [3.05, 3.63) is 82.1 Å². The molecule has 3 rings (SSSR count). The van der Waals surface area contributed by atoms with Gasteiger partial charge in [0.05, 0.1) is 16.1 Å². The van der Waals surface area contributed by atoms with E-state index < -0.39 is 34.1 Å². The fraction of sp³-hybridized carbons (Fsp3) is 0.150. The van der Waals surface area contributed by atoms with Gasteiger partial charge in [-0.2, -0.15) is 13.2 Å². The summed E-state index contributed by atoms with van der Waals surface area (Å²) in [5.41, 5.74) is -0.860. The molecule has 7 heteroatoms. The largest absolute Gasteiger partial charge is 0.417 e. The molecule has 2 nitrogen and oxygen atoms in total. The first kappa shape index (κ1) is 19.2. The molecule has 3 aromatic carbocycles. The van der Waals surface area contributed by atoms with Gasteiger partial charge in [-0.05, 0) is 34.9 Å². The van der Waals surface area contributed by atoms with Crippen LogP contribution >= 0.6 is 11.6 Å². The number of benzene rings is 3. The Morgan fingerprint density at radius 1 is 1.00 bits per heavy atom. The molecule has 0 atom stereocenters. The summed E-state index contributed by atoms with van der Waals surface area (Å²) in [6.45, 7) is 0.204. The van der Waals surface area contributed by atoms with Gasteiger partial charge in [-0.1, -0.05) is 54.1 Å². The number of alkyl halides is 3. The zero-order valence-electron chi connectivity index (χ0n) is 13.9. The van der Waals surface area contributed by atoms with Gasteiger partial charge in [0.1, 0.15) is 5.82 Å². The fourth-order valence-electron chi connectivity index (χ4n) is 2.75.